The molecule has 180 valence electrons. The van der Waals surface area contributed by atoms with Crippen LogP contribution < -0.4 is 5.73 Å². The van der Waals surface area contributed by atoms with Crippen molar-refractivity contribution in [3.05, 3.63) is 107 Å². The Hall–Kier alpha value is -4.89. The monoisotopic (exact) mass is 482 g/mol. The van der Waals surface area contributed by atoms with Crippen LogP contribution in [0, 0.1) is 39.8 Å². The Morgan fingerprint density at radius 3 is 2.30 bits per heavy atom. The zero-order valence-corrected chi connectivity index (χ0v) is 21.2. The Kier molecular flexibility index (Phi) is 6.44. The van der Waals surface area contributed by atoms with E-state index in [1.54, 1.807) is 12.3 Å². The number of nitrogens with zero attached hydrogens (tertiary/aromatic N) is 5. The lowest BCUT2D eigenvalue weighted by atomic mass is 9.96. The van der Waals surface area contributed by atoms with Gasteiger partial charge in [-0.25, -0.2) is 0 Å². The molecule has 0 saturated carbocycles. The van der Waals surface area contributed by atoms with Gasteiger partial charge in [-0.3, -0.25) is 4.98 Å². The second-order valence-corrected chi connectivity index (χ2v) is 9.10. The summed E-state index contributed by atoms with van der Waals surface area (Å²) in [6.45, 7) is 8.24. The molecule has 0 atom stereocenters. The largest absolute Gasteiger partial charge is 0.397 e. The van der Waals surface area contributed by atoms with Crippen LogP contribution in [0.25, 0.3) is 22.0 Å². The van der Waals surface area contributed by atoms with Crippen LogP contribution in [0.3, 0.4) is 0 Å². The first kappa shape index (κ1) is 23.8. The van der Waals surface area contributed by atoms with E-state index in [4.69, 9.17) is 5.73 Å². The number of rotatable bonds is 5. The summed E-state index contributed by atoms with van der Waals surface area (Å²) in [5.74, 6) is 0. The van der Waals surface area contributed by atoms with Crippen LogP contribution in [-0.4, -0.2) is 4.98 Å². The van der Waals surface area contributed by atoms with Gasteiger partial charge < -0.3 is 5.73 Å². The van der Waals surface area contributed by atoms with Gasteiger partial charge in [0.25, 0.3) is 0 Å². The number of hydrogen-bond donors (Lipinski definition) is 1. The first-order valence-corrected chi connectivity index (χ1v) is 12.0. The lowest BCUT2D eigenvalue weighted by Crippen LogP contribution is -1.88. The molecule has 1 heterocycles. The van der Waals surface area contributed by atoms with Crippen molar-refractivity contribution in [2.24, 2.45) is 20.5 Å². The number of nitrogen functional groups attached to an aromatic ring is 1. The third-order valence-electron chi connectivity index (χ3n) is 6.21. The molecular formula is C31H26N6. The smallest absolute Gasteiger partial charge is 0.136 e. The first-order chi connectivity index (χ1) is 17.9. The average molecular weight is 483 g/mol. The SMILES string of the molecule is Cc1ccc(-c2c#cc(N=Nc3ccc(N=Nc4ccc(N)c5ncccc45)cc3C)cc2C)c(C)c1. The minimum absolute atomic E-state index is 0.616. The second-order valence-electron chi connectivity index (χ2n) is 9.10. The molecule has 0 radical (unpaired) electrons. The van der Waals surface area contributed by atoms with E-state index in [-0.39, 0.29) is 0 Å². The van der Waals surface area contributed by atoms with Gasteiger partial charge in [0.2, 0.25) is 0 Å². The standard InChI is InChI=1S/C31H26N6/c1-19-7-10-25(20(2)16-19)26-11-8-23(17-21(26)3)34-36-29-13-9-24(18-22(29)4)35-37-30-14-12-28(32)31-27(30)6-5-15-33-31/h5-7,9-10,12-18H,32H2,1-4H3. The molecule has 0 unspecified atom stereocenters. The first-order valence-electron chi connectivity index (χ1n) is 12.0. The summed E-state index contributed by atoms with van der Waals surface area (Å²) in [6.07, 6.45) is 1.71. The normalized spacial score (nSPS) is 11.5. The predicted octanol–water partition coefficient (Wildman–Crippen LogP) is 9.15. The van der Waals surface area contributed by atoms with Crippen LogP contribution in [0.2, 0.25) is 0 Å². The molecule has 1 aromatic heterocycles. The molecule has 0 amide bonds. The summed E-state index contributed by atoms with van der Waals surface area (Å²) < 4.78 is 0. The highest BCUT2D eigenvalue weighted by Gasteiger charge is 2.07. The number of aromatic nitrogens is 1. The van der Waals surface area contributed by atoms with Crippen molar-refractivity contribution in [1.82, 2.24) is 4.98 Å². The van der Waals surface area contributed by atoms with Crippen LogP contribution in [-0.2, 0) is 0 Å². The van der Waals surface area contributed by atoms with Crippen molar-refractivity contribution in [3.8, 4) is 11.1 Å². The van der Waals surface area contributed by atoms with Gasteiger partial charge in [-0.1, -0.05) is 29.8 Å². The lowest BCUT2D eigenvalue weighted by molar-refractivity contribution is 1.19. The molecule has 0 aliphatic rings. The fourth-order valence-corrected chi connectivity index (χ4v) is 4.27. The van der Waals surface area contributed by atoms with Gasteiger partial charge in [-0.05, 0) is 105 Å². The molecule has 5 rings (SSSR count). The van der Waals surface area contributed by atoms with E-state index in [1.165, 1.54) is 11.1 Å². The third-order valence-corrected chi connectivity index (χ3v) is 6.21. The molecule has 5 aromatic rings. The Labute approximate surface area is 216 Å². The topological polar surface area (TPSA) is 88.3 Å². The van der Waals surface area contributed by atoms with E-state index < -0.39 is 0 Å². The Morgan fingerprint density at radius 1 is 0.703 bits per heavy atom. The number of benzene rings is 3. The maximum absolute atomic E-state index is 6.03. The van der Waals surface area contributed by atoms with E-state index in [0.29, 0.717) is 17.1 Å². The van der Waals surface area contributed by atoms with E-state index in [2.05, 4.69) is 76.5 Å². The Bertz CT molecular complexity index is 1680. The summed E-state index contributed by atoms with van der Waals surface area (Å²) in [5, 5.41) is 18.5. The van der Waals surface area contributed by atoms with Crippen molar-refractivity contribution in [2.75, 3.05) is 5.73 Å². The minimum Gasteiger partial charge on any atom is -0.397 e. The molecular weight excluding hydrogens is 456 g/mol. The van der Waals surface area contributed by atoms with Crippen LogP contribution in [0.5, 0.6) is 0 Å². The third kappa shape index (κ3) is 5.07. The summed E-state index contributed by atoms with van der Waals surface area (Å²) in [5.41, 5.74) is 16.9. The van der Waals surface area contributed by atoms with Crippen LogP contribution >= 0.6 is 0 Å². The lowest BCUT2D eigenvalue weighted by Gasteiger charge is -2.08. The zero-order valence-electron chi connectivity index (χ0n) is 21.2. The number of hydrogen-bond acceptors (Lipinski definition) is 6. The molecule has 6 nitrogen and oxygen atoms in total. The average Bonchev–Trinajstić information content (AvgIpc) is 2.88. The Balaban J connectivity index is 1.35. The van der Waals surface area contributed by atoms with Crippen molar-refractivity contribution < 1.29 is 0 Å². The van der Waals surface area contributed by atoms with Gasteiger partial charge >= 0.3 is 0 Å². The van der Waals surface area contributed by atoms with Gasteiger partial charge in [0.05, 0.1) is 28.3 Å². The van der Waals surface area contributed by atoms with E-state index in [1.807, 2.05) is 49.4 Å². The molecule has 2 N–H and O–H groups in total. The van der Waals surface area contributed by atoms with Crippen LogP contribution in [0.15, 0.2) is 93.4 Å². The number of fused-ring (bicyclic) bond motifs is 1. The number of anilines is 1. The minimum atomic E-state index is 0.616. The van der Waals surface area contributed by atoms with Gasteiger partial charge in [0, 0.05) is 17.1 Å². The molecule has 6 heteroatoms. The number of azo groups is 2. The highest BCUT2D eigenvalue weighted by Crippen LogP contribution is 2.32. The molecule has 0 saturated heterocycles. The van der Waals surface area contributed by atoms with E-state index in [0.717, 1.165) is 44.5 Å². The number of nitrogens with two attached hydrogens (primary N) is 1. The van der Waals surface area contributed by atoms with E-state index in [9.17, 15) is 0 Å². The van der Waals surface area contributed by atoms with Crippen LogP contribution in [0.1, 0.15) is 22.3 Å². The number of pyridine rings is 1. The van der Waals surface area contributed by atoms with Gasteiger partial charge in [-0.2, -0.15) is 5.11 Å². The molecule has 0 bridgehead atoms. The predicted molar refractivity (Wildman–Crippen MR) is 149 cm³/mol. The maximum Gasteiger partial charge on any atom is 0.136 e. The zero-order chi connectivity index (χ0) is 25.9. The molecule has 0 fully saturated rings. The highest BCUT2D eigenvalue weighted by atomic mass is 15.1. The summed E-state index contributed by atoms with van der Waals surface area (Å²) in [7, 11) is 0. The fraction of sp³-hybridized carbons (Fsp3) is 0.129. The maximum atomic E-state index is 6.03. The van der Waals surface area contributed by atoms with Crippen LogP contribution in [0.4, 0.5) is 28.4 Å². The summed E-state index contributed by atoms with van der Waals surface area (Å²) in [4.78, 5) is 4.35. The van der Waals surface area contributed by atoms with Gasteiger partial charge in [0.15, 0.2) is 0 Å². The van der Waals surface area contributed by atoms with Crippen molar-refractivity contribution in [2.45, 2.75) is 27.7 Å². The van der Waals surface area contributed by atoms with Gasteiger partial charge in [0.1, 0.15) is 5.69 Å². The number of aryl methyl sites for hydroxylation is 4. The molecule has 0 aliphatic carbocycles. The van der Waals surface area contributed by atoms with Crippen molar-refractivity contribution in [1.29, 1.82) is 0 Å². The second kappa shape index (κ2) is 10.00. The van der Waals surface area contributed by atoms with Crippen molar-refractivity contribution in [3.63, 3.8) is 0 Å². The Morgan fingerprint density at radius 2 is 1.51 bits per heavy atom. The van der Waals surface area contributed by atoms with Gasteiger partial charge in [-0.15, -0.1) is 15.3 Å². The summed E-state index contributed by atoms with van der Waals surface area (Å²) in [6, 6.07) is 27.9. The molecule has 37 heavy (non-hydrogen) atoms. The van der Waals surface area contributed by atoms with E-state index >= 15 is 0 Å². The molecule has 4 aromatic carbocycles. The highest BCUT2D eigenvalue weighted by molar-refractivity contribution is 5.97. The fourth-order valence-electron chi connectivity index (χ4n) is 4.27. The molecule has 0 aliphatic heterocycles. The summed E-state index contributed by atoms with van der Waals surface area (Å²) >= 11 is 0. The quantitative estimate of drug-likeness (QED) is 0.200. The molecule has 0 spiro atoms. The van der Waals surface area contributed by atoms with Crippen molar-refractivity contribution >= 4 is 39.3 Å².